The second kappa shape index (κ2) is 10.5. The lowest BCUT2D eigenvalue weighted by Gasteiger charge is -2.01. The Bertz CT molecular complexity index is 661. The van der Waals surface area contributed by atoms with E-state index in [2.05, 4.69) is 10.3 Å². The van der Waals surface area contributed by atoms with E-state index in [1.54, 1.807) is 9.13 Å². The van der Waals surface area contributed by atoms with E-state index in [0.29, 0.717) is 19.3 Å². The molecule has 0 aliphatic carbocycles. The lowest BCUT2D eigenvalue weighted by atomic mass is 10.3. The first kappa shape index (κ1) is 20.8. The number of nitrogens with zero attached hydrogens (tertiary/aromatic N) is 5. The fraction of sp³-hybridized carbons (Fsp3) is 0.231. The van der Waals surface area contributed by atoms with Gasteiger partial charge in [0.1, 0.15) is 18.6 Å². The molecule has 126 valence electrons. The van der Waals surface area contributed by atoms with Gasteiger partial charge < -0.3 is 35.2 Å². The molecule has 0 saturated carbocycles. The minimum Gasteiger partial charge on any atom is -1.00 e. The van der Waals surface area contributed by atoms with Crippen molar-refractivity contribution >= 4 is 12.4 Å². The number of aromatic nitrogens is 3. The van der Waals surface area contributed by atoms with Crippen LogP contribution in [0.1, 0.15) is 11.5 Å². The molecule has 23 heavy (non-hydrogen) atoms. The highest BCUT2D eigenvalue weighted by molar-refractivity contribution is 5.74. The molecule has 10 heteroatoms. The highest BCUT2D eigenvalue weighted by Crippen LogP contribution is 1.94. The van der Waals surface area contributed by atoms with Gasteiger partial charge in [-0.2, -0.15) is 4.57 Å². The van der Waals surface area contributed by atoms with Crippen molar-refractivity contribution in [3.05, 3.63) is 48.3 Å². The van der Waals surface area contributed by atoms with Crippen LogP contribution < -0.4 is 33.9 Å². The van der Waals surface area contributed by atoms with Gasteiger partial charge in [0.25, 0.3) is 6.73 Å². The van der Waals surface area contributed by atoms with Crippen molar-refractivity contribution in [3.63, 3.8) is 0 Å². The minimum atomic E-state index is 0. The van der Waals surface area contributed by atoms with Gasteiger partial charge in [0.15, 0.2) is 19.1 Å². The van der Waals surface area contributed by atoms with Gasteiger partial charge in [0.2, 0.25) is 5.69 Å². The molecule has 2 heterocycles. The molecule has 0 amide bonds. The monoisotopic (exact) mass is 361 g/mol. The highest BCUT2D eigenvalue weighted by Gasteiger charge is 2.14. The van der Waals surface area contributed by atoms with Gasteiger partial charge in [-0.05, 0) is 6.07 Å². The Morgan fingerprint density at radius 2 is 1.91 bits per heavy atom. The number of hydrogen-bond donors (Lipinski definition) is 2. The molecule has 0 radical (unpaired) electrons. The first-order valence-corrected chi connectivity index (χ1v) is 6.22. The second-order valence-electron chi connectivity index (χ2n) is 4.28. The molecule has 0 saturated heterocycles. The van der Waals surface area contributed by atoms with Crippen LogP contribution in [0.2, 0.25) is 0 Å². The molecule has 0 bridgehead atoms. The van der Waals surface area contributed by atoms with Crippen molar-refractivity contribution in [2.45, 2.75) is 13.5 Å². The fourth-order valence-corrected chi connectivity index (χ4v) is 1.88. The Morgan fingerprint density at radius 1 is 1.17 bits per heavy atom. The molecular formula is C13H17Cl2N5O3. The summed E-state index contributed by atoms with van der Waals surface area (Å²) < 4.78 is 11.0. The molecule has 0 aliphatic heterocycles. The third-order valence-corrected chi connectivity index (χ3v) is 2.93. The first-order chi connectivity index (χ1) is 10.3. The third-order valence-electron chi connectivity index (χ3n) is 2.93. The summed E-state index contributed by atoms with van der Waals surface area (Å²) in [6, 6.07) is 5.51. The maximum absolute atomic E-state index is 8.65. The van der Waals surface area contributed by atoms with Gasteiger partial charge in [0.05, 0.1) is 7.05 Å². The van der Waals surface area contributed by atoms with Crippen molar-refractivity contribution in [1.82, 2.24) is 4.57 Å². The van der Waals surface area contributed by atoms with E-state index in [0.717, 1.165) is 5.69 Å². The molecule has 2 rings (SSSR count). The summed E-state index contributed by atoms with van der Waals surface area (Å²) in [5.41, 5.74) is 0.718. The Kier molecular flexibility index (Phi) is 9.56. The maximum atomic E-state index is 8.65. The standard InChI is InChI=1S/C13H15N5O3.2ClH/c1-16-6-7-18(13(16)9-15-20)11-21-10-17-5-3-2-4-12(17)8-14-19;;/h2-9H,10-11H2,1H3;2*1H. The number of pyridine rings is 1. The zero-order chi connectivity index (χ0) is 15.1. The number of ether oxygens (including phenoxy) is 1. The predicted molar refractivity (Wildman–Crippen MR) is 72.1 cm³/mol. The quantitative estimate of drug-likeness (QED) is 0.232. The zero-order valence-electron chi connectivity index (χ0n) is 12.3. The smallest absolute Gasteiger partial charge is 0.305 e. The van der Waals surface area contributed by atoms with Crippen LogP contribution in [0.25, 0.3) is 0 Å². The summed E-state index contributed by atoms with van der Waals surface area (Å²) >= 11 is 0. The number of aryl methyl sites for hydroxylation is 1. The predicted octanol–water partition coefficient (Wildman–Crippen LogP) is -6.14. The van der Waals surface area contributed by atoms with E-state index in [1.165, 1.54) is 12.4 Å². The van der Waals surface area contributed by atoms with Gasteiger partial charge in [-0.25, -0.2) is 9.13 Å². The first-order valence-electron chi connectivity index (χ1n) is 6.22. The molecule has 0 unspecified atom stereocenters. The van der Waals surface area contributed by atoms with E-state index in [4.69, 9.17) is 15.2 Å². The van der Waals surface area contributed by atoms with E-state index >= 15 is 0 Å². The summed E-state index contributed by atoms with van der Waals surface area (Å²) in [5.74, 6) is 0.702. The molecule has 0 spiro atoms. The van der Waals surface area contributed by atoms with Crippen LogP contribution in [-0.4, -0.2) is 27.4 Å². The maximum Gasteiger partial charge on any atom is 0.305 e. The van der Waals surface area contributed by atoms with Crippen LogP contribution in [0.4, 0.5) is 0 Å². The van der Waals surface area contributed by atoms with Gasteiger partial charge in [-0.15, -0.1) is 0 Å². The summed E-state index contributed by atoms with van der Waals surface area (Å²) in [5, 5.41) is 23.3. The lowest BCUT2D eigenvalue weighted by molar-refractivity contribution is -0.735. The number of oxime groups is 2. The van der Waals surface area contributed by atoms with Gasteiger partial charge >= 0.3 is 5.82 Å². The summed E-state index contributed by atoms with van der Waals surface area (Å²) in [6.07, 6.45) is 8.15. The van der Waals surface area contributed by atoms with Gasteiger partial charge in [-0.3, -0.25) is 4.74 Å². The van der Waals surface area contributed by atoms with E-state index in [-0.39, 0.29) is 24.8 Å². The normalized spacial score (nSPS) is 10.7. The molecular weight excluding hydrogens is 345 g/mol. The molecule has 2 aromatic rings. The van der Waals surface area contributed by atoms with Crippen molar-refractivity contribution in [3.8, 4) is 0 Å². The van der Waals surface area contributed by atoms with Crippen molar-refractivity contribution in [2.75, 3.05) is 0 Å². The summed E-state index contributed by atoms with van der Waals surface area (Å²) in [4.78, 5) is 0. The third kappa shape index (κ3) is 5.51. The summed E-state index contributed by atoms with van der Waals surface area (Å²) in [7, 11) is 1.84. The Hall–Kier alpha value is -2.16. The van der Waals surface area contributed by atoms with Crippen molar-refractivity contribution < 1.29 is 49.1 Å². The topological polar surface area (TPSA) is 87.1 Å². The van der Waals surface area contributed by atoms with Crippen LogP contribution in [-0.2, 0) is 25.2 Å². The Morgan fingerprint density at radius 3 is 2.61 bits per heavy atom. The number of rotatable bonds is 6. The van der Waals surface area contributed by atoms with E-state index in [9.17, 15) is 0 Å². The molecule has 0 aromatic carbocycles. The molecule has 0 fully saturated rings. The van der Waals surface area contributed by atoms with E-state index in [1.807, 2.05) is 48.4 Å². The van der Waals surface area contributed by atoms with Crippen LogP contribution in [0.15, 0.2) is 47.1 Å². The largest absolute Gasteiger partial charge is 1.00 e. The Balaban J connectivity index is 0.00000242. The molecule has 0 atom stereocenters. The lowest BCUT2D eigenvalue weighted by Crippen LogP contribution is -3.00. The molecule has 0 aliphatic rings. The second-order valence-corrected chi connectivity index (χ2v) is 4.28. The average Bonchev–Trinajstić information content (AvgIpc) is 2.83. The minimum absolute atomic E-state index is 0. The van der Waals surface area contributed by atoms with Gasteiger partial charge in [-0.1, -0.05) is 10.3 Å². The van der Waals surface area contributed by atoms with E-state index < -0.39 is 0 Å². The van der Waals surface area contributed by atoms with Crippen molar-refractivity contribution in [2.24, 2.45) is 17.4 Å². The zero-order valence-corrected chi connectivity index (χ0v) is 13.8. The van der Waals surface area contributed by atoms with Crippen LogP contribution in [0.3, 0.4) is 0 Å². The van der Waals surface area contributed by atoms with Crippen molar-refractivity contribution in [1.29, 1.82) is 0 Å². The molecule has 2 aromatic heterocycles. The van der Waals surface area contributed by atoms with Crippen LogP contribution in [0, 0.1) is 0 Å². The van der Waals surface area contributed by atoms with Crippen LogP contribution >= 0.6 is 0 Å². The summed E-state index contributed by atoms with van der Waals surface area (Å²) in [6.45, 7) is 0.583. The fourth-order valence-electron chi connectivity index (χ4n) is 1.88. The van der Waals surface area contributed by atoms with Crippen LogP contribution in [0.5, 0.6) is 0 Å². The number of hydrogen-bond acceptors (Lipinski definition) is 5. The average molecular weight is 362 g/mol. The molecule has 8 nitrogen and oxygen atoms in total. The number of imidazole rings is 1. The molecule has 2 N–H and O–H groups in total. The number of halogens is 2. The highest BCUT2D eigenvalue weighted by atomic mass is 35.5. The van der Waals surface area contributed by atoms with Gasteiger partial charge in [0, 0.05) is 12.1 Å². The Labute approximate surface area is 145 Å². The SMILES string of the molecule is C[n+]1ccn(COC[n+]2ccccc2/C=N/O)c1/C=N/O.[Cl-].[Cl-].